The van der Waals surface area contributed by atoms with E-state index in [0.29, 0.717) is 4.75 Å². The molecule has 120 valence electrons. The van der Waals surface area contributed by atoms with Crippen LogP contribution in [0.4, 0.5) is 5.69 Å². The molecule has 4 heteroatoms. The Hall–Kier alpha value is -1.16. The van der Waals surface area contributed by atoms with Crippen molar-refractivity contribution < 1.29 is 0 Å². The molecule has 2 aromatic rings. The highest BCUT2D eigenvalue weighted by atomic mass is 35.5. The van der Waals surface area contributed by atoms with E-state index in [1.165, 1.54) is 37.2 Å². The normalized spacial score (nSPS) is 24.7. The molecule has 0 amide bonds. The molecule has 2 saturated heterocycles. The van der Waals surface area contributed by atoms with Crippen LogP contribution in [0.25, 0.3) is 0 Å². The zero-order chi connectivity index (χ0) is 15.7. The number of halogens is 1. The lowest BCUT2D eigenvalue weighted by Crippen LogP contribution is -2.28. The summed E-state index contributed by atoms with van der Waals surface area (Å²) < 4.78 is 2.88. The standard InChI is InChI=1S/C19H21ClN2S/c20-17-8-6-16(7-9-17)14-21-12-10-19(15-21)11-13-22(23-19)18-4-2-1-3-5-18/h1-9H,10-15H2/t19-/m0/s1. The SMILES string of the molecule is Clc1ccc(CN2CC[C@]3(CCN(c4ccccc4)S3)C2)cc1. The maximum Gasteiger partial charge on any atom is 0.0515 e. The van der Waals surface area contributed by atoms with Gasteiger partial charge >= 0.3 is 0 Å². The molecule has 1 atom stereocenters. The number of nitrogens with zero attached hydrogens (tertiary/aromatic N) is 2. The molecule has 2 aliphatic heterocycles. The zero-order valence-corrected chi connectivity index (χ0v) is 14.7. The Morgan fingerprint density at radius 3 is 2.48 bits per heavy atom. The van der Waals surface area contributed by atoms with E-state index in [1.807, 2.05) is 12.1 Å². The molecule has 0 unspecified atom stereocenters. The first-order chi connectivity index (χ1) is 11.2. The first-order valence-corrected chi connectivity index (χ1v) is 9.36. The monoisotopic (exact) mass is 344 g/mol. The van der Waals surface area contributed by atoms with Gasteiger partial charge in [-0.2, -0.15) is 0 Å². The number of hydrogen-bond acceptors (Lipinski definition) is 3. The molecule has 0 aromatic heterocycles. The first-order valence-electron chi connectivity index (χ1n) is 8.21. The van der Waals surface area contributed by atoms with Crippen LogP contribution < -0.4 is 4.31 Å². The molecule has 2 aliphatic rings. The van der Waals surface area contributed by atoms with Crippen LogP contribution in [0.5, 0.6) is 0 Å². The Bertz CT molecular complexity index is 661. The molecule has 0 bridgehead atoms. The average molecular weight is 345 g/mol. The summed E-state index contributed by atoms with van der Waals surface area (Å²) in [5.74, 6) is 0. The molecule has 2 nitrogen and oxygen atoms in total. The van der Waals surface area contributed by atoms with Crippen molar-refractivity contribution in [3.05, 3.63) is 65.2 Å². The fourth-order valence-corrected chi connectivity index (χ4v) is 5.20. The first kappa shape index (κ1) is 15.4. The largest absolute Gasteiger partial charge is 0.316 e. The number of rotatable bonds is 3. The molecule has 0 N–H and O–H groups in total. The van der Waals surface area contributed by atoms with E-state index in [1.54, 1.807) is 0 Å². The molecule has 1 spiro atoms. The fourth-order valence-electron chi connectivity index (χ4n) is 3.60. The van der Waals surface area contributed by atoms with Crippen molar-refractivity contribution >= 4 is 29.2 Å². The van der Waals surface area contributed by atoms with Crippen molar-refractivity contribution in [3.8, 4) is 0 Å². The number of hydrogen-bond donors (Lipinski definition) is 0. The summed E-state index contributed by atoms with van der Waals surface area (Å²) in [5, 5.41) is 0.816. The maximum atomic E-state index is 5.98. The van der Waals surface area contributed by atoms with Crippen molar-refractivity contribution in [1.82, 2.24) is 4.90 Å². The van der Waals surface area contributed by atoms with E-state index in [2.05, 4.69) is 63.6 Å². The van der Waals surface area contributed by atoms with Crippen molar-refractivity contribution in [2.45, 2.75) is 24.1 Å². The number of likely N-dealkylation sites (tertiary alicyclic amines) is 1. The van der Waals surface area contributed by atoms with Gasteiger partial charge in [0.15, 0.2) is 0 Å². The van der Waals surface area contributed by atoms with E-state index < -0.39 is 0 Å². The lowest BCUT2D eigenvalue weighted by molar-refractivity contribution is 0.322. The zero-order valence-electron chi connectivity index (χ0n) is 13.1. The van der Waals surface area contributed by atoms with Gasteiger partial charge in [-0.25, -0.2) is 0 Å². The van der Waals surface area contributed by atoms with Gasteiger partial charge in [0.2, 0.25) is 0 Å². The van der Waals surface area contributed by atoms with Crippen molar-refractivity contribution in [2.75, 3.05) is 23.9 Å². The minimum Gasteiger partial charge on any atom is -0.316 e. The summed E-state index contributed by atoms with van der Waals surface area (Å²) in [6.07, 6.45) is 2.57. The minimum absolute atomic E-state index is 0.405. The van der Waals surface area contributed by atoms with Crippen LogP contribution in [-0.2, 0) is 6.54 Å². The minimum atomic E-state index is 0.405. The Morgan fingerprint density at radius 1 is 0.957 bits per heavy atom. The van der Waals surface area contributed by atoms with Gasteiger partial charge in [0, 0.05) is 30.3 Å². The van der Waals surface area contributed by atoms with Gasteiger partial charge in [-0.15, -0.1) is 0 Å². The Morgan fingerprint density at radius 2 is 1.70 bits per heavy atom. The van der Waals surface area contributed by atoms with Crippen LogP contribution in [0.3, 0.4) is 0 Å². The van der Waals surface area contributed by atoms with Crippen LogP contribution in [0.2, 0.25) is 5.02 Å². The average Bonchev–Trinajstić information content (AvgIpc) is 3.18. The molecular weight excluding hydrogens is 324 g/mol. The summed E-state index contributed by atoms with van der Waals surface area (Å²) >= 11 is 8.04. The molecule has 2 heterocycles. The van der Waals surface area contributed by atoms with Gasteiger partial charge in [-0.1, -0.05) is 41.9 Å². The summed E-state index contributed by atoms with van der Waals surface area (Å²) in [7, 11) is 0. The van der Waals surface area contributed by atoms with Gasteiger partial charge in [0.25, 0.3) is 0 Å². The van der Waals surface area contributed by atoms with Gasteiger partial charge in [0.05, 0.1) is 4.75 Å². The van der Waals surface area contributed by atoms with E-state index in [-0.39, 0.29) is 0 Å². The lowest BCUT2D eigenvalue weighted by atomic mass is 10.0. The maximum absolute atomic E-state index is 5.98. The highest BCUT2D eigenvalue weighted by Crippen LogP contribution is 2.47. The summed E-state index contributed by atoms with van der Waals surface area (Å²) in [4.78, 5) is 2.59. The summed E-state index contributed by atoms with van der Waals surface area (Å²) in [6, 6.07) is 19.0. The summed E-state index contributed by atoms with van der Waals surface area (Å²) in [5.41, 5.74) is 2.69. The van der Waals surface area contributed by atoms with E-state index in [0.717, 1.165) is 18.1 Å². The van der Waals surface area contributed by atoms with Crippen LogP contribution in [-0.4, -0.2) is 29.3 Å². The number of para-hydroxylation sites is 1. The molecular formula is C19H21ClN2S. The van der Waals surface area contributed by atoms with Crippen LogP contribution in [0.15, 0.2) is 54.6 Å². The second-order valence-corrected chi connectivity index (χ2v) is 8.47. The van der Waals surface area contributed by atoms with E-state index in [4.69, 9.17) is 11.6 Å². The van der Waals surface area contributed by atoms with Crippen LogP contribution in [0, 0.1) is 0 Å². The van der Waals surface area contributed by atoms with Gasteiger partial charge in [-0.05, 0) is 61.2 Å². The molecule has 2 fully saturated rings. The quantitative estimate of drug-likeness (QED) is 0.735. The van der Waals surface area contributed by atoms with Gasteiger partial charge < -0.3 is 4.31 Å². The van der Waals surface area contributed by atoms with Crippen molar-refractivity contribution in [2.24, 2.45) is 0 Å². The highest BCUT2D eigenvalue weighted by molar-refractivity contribution is 8.02. The second-order valence-electron chi connectivity index (χ2n) is 6.55. The Kier molecular flexibility index (Phi) is 4.27. The number of anilines is 1. The number of benzene rings is 2. The third-order valence-electron chi connectivity index (χ3n) is 4.83. The summed E-state index contributed by atoms with van der Waals surface area (Å²) in [6.45, 7) is 4.57. The third-order valence-corrected chi connectivity index (χ3v) is 6.62. The highest BCUT2D eigenvalue weighted by Gasteiger charge is 2.44. The van der Waals surface area contributed by atoms with Gasteiger partial charge in [0.1, 0.15) is 0 Å². The topological polar surface area (TPSA) is 6.48 Å². The Labute approximate surface area is 147 Å². The fraction of sp³-hybridized carbons (Fsp3) is 0.368. The molecule has 0 aliphatic carbocycles. The second kappa shape index (κ2) is 6.39. The third kappa shape index (κ3) is 3.37. The van der Waals surface area contributed by atoms with Crippen LogP contribution in [0.1, 0.15) is 18.4 Å². The van der Waals surface area contributed by atoms with Crippen molar-refractivity contribution in [3.63, 3.8) is 0 Å². The lowest BCUT2D eigenvalue weighted by Gasteiger charge is -2.24. The Balaban J connectivity index is 1.39. The van der Waals surface area contributed by atoms with Crippen molar-refractivity contribution in [1.29, 1.82) is 0 Å². The van der Waals surface area contributed by atoms with Gasteiger partial charge in [-0.3, -0.25) is 4.90 Å². The molecule has 4 rings (SSSR count). The predicted molar refractivity (Wildman–Crippen MR) is 100 cm³/mol. The molecule has 0 saturated carbocycles. The van der Waals surface area contributed by atoms with E-state index in [9.17, 15) is 0 Å². The predicted octanol–water partition coefficient (Wildman–Crippen LogP) is 4.84. The molecule has 0 radical (unpaired) electrons. The molecule has 2 aromatic carbocycles. The smallest absolute Gasteiger partial charge is 0.0515 e. The van der Waals surface area contributed by atoms with E-state index >= 15 is 0 Å². The van der Waals surface area contributed by atoms with Crippen LogP contribution >= 0.6 is 23.5 Å². The molecule has 23 heavy (non-hydrogen) atoms.